The maximum atomic E-state index is 6.00. The van der Waals surface area contributed by atoms with Crippen LogP contribution in [0.3, 0.4) is 0 Å². The highest BCUT2D eigenvalue weighted by atomic mass is 127. The Morgan fingerprint density at radius 3 is 2.68 bits per heavy atom. The number of nitrogens with one attached hydrogen (secondary N) is 1. The summed E-state index contributed by atoms with van der Waals surface area (Å²) in [7, 11) is 0. The second-order valence-electron chi connectivity index (χ2n) is 6.31. The predicted molar refractivity (Wildman–Crippen MR) is 117 cm³/mol. The Kier molecular flexibility index (Phi) is 7.55. The molecule has 1 heterocycles. The zero-order valence-corrected chi connectivity index (χ0v) is 17.0. The van der Waals surface area contributed by atoms with E-state index in [1.54, 1.807) is 0 Å². The van der Waals surface area contributed by atoms with Gasteiger partial charge in [-0.05, 0) is 37.0 Å². The van der Waals surface area contributed by atoms with Crippen LogP contribution in [0.2, 0.25) is 0 Å². The zero-order valence-electron chi connectivity index (χ0n) is 14.7. The van der Waals surface area contributed by atoms with Crippen molar-refractivity contribution in [2.45, 2.75) is 25.8 Å². The second-order valence-corrected chi connectivity index (χ2v) is 6.31. The number of anilines is 1. The van der Waals surface area contributed by atoms with Gasteiger partial charge in [-0.2, -0.15) is 0 Å². The van der Waals surface area contributed by atoms with E-state index < -0.39 is 0 Å². The molecule has 0 spiro atoms. The minimum atomic E-state index is 0. The SMILES string of the molecule is CC(CN=C(N)NCCc1ccccc1)N1CCc2ccccc21.I. The van der Waals surface area contributed by atoms with Gasteiger partial charge < -0.3 is 16.0 Å². The molecule has 25 heavy (non-hydrogen) atoms. The standard InChI is InChI=1S/C20H26N4.HI/c1-16(24-14-12-18-9-5-6-10-19(18)24)15-23-20(21)22-13-11-17-7-3-2-4-8-17;/h2-10,16H,11-15H2,1H3,(H3,21,22,23);1H. The summed E-state index contributed by atoms with van der Waals surface area (Å²) in [6, 6.07) is 19.4. The highest BCUT2D eigenvalue weighted by molar-refractivity contribution is 14.0. The van der Waals surface area contributed by atoms with Gasteiger partial charge in [0, 0.05) is 24.8 Å². The number of para-hydroxylation sites is 1. The van der Waals surface area contributed by atoms with Crippen molar-refractivity contribution in [2.24, 2.45) is 10.7 Å². The largest absolute Gasteiger partial charge is 0.370 e. The molecule has 0 amide bonds. The van der Waals surface area contributed by atoms with Gasteiger partial charge in [-0.3, -0.25) is 4.99 Å². The molecule has 0 radical (unpaired) electrons. The minimum Gasteiger partial charge on any atom is -0.370 e. The van der Waals surface area contributed by atoms with E-state index in [9.17, 15) is 0 Å². The monoisotopic (exact) mass is 450 g/mol. The molecule has 0 saturated carbocycles. The van der Waals surface area contributed by atoms with E-state index in [1.807, 2.05) is 6.07 Å². The highest BCUT2D eigenvalue weighted by Gasteiger charge is 2.22. The van der Waals surface area contributed by atoms with Gasteiger partial charge in [0.1, 0.15) is 0 Å². The third kappa shape index (κ3) is 5.36. The number of rotatable bonds is 6. The summed E-state index contributed by atoms with van der Waals surface area (Å²) in [5.41, 5.74) is 10.1. The number of hydrogen-bond acceptors (Lipinski definition) is 2. The van der Waals surface area contributed by atoms with E-state index in [-0.39, 0.29) is 24.0 Å². The van der Waals surface area contributed by atoms with E-state index in [0.717, 1.165) is 25.9 Å². The molecule has 0 bridgehead atoms. The van der Waals surface area contributed by atoms with Crippen LogP contribution in [-0.4, -0.2) is 31.6 Å². The van der Waals surface area contributed by atoms with E-state index in [1.165, 1.54) is 16.8 Å². The molecule has 2 aromatic rings. The molecule has 3 rings (SSSR count). The fourth-order valence-electron chi connectivity index (χ4n) is 3.19. The number of halogens is 1. The van der Waals surface area contributed by atoms with E-state index in [0.29, 0.717) is 18.5 Å². The van der Waals surface area contributed by atoms with Crippen molar-refractivity contribution in [1.29, 1.82) is 0 Å². The van der Waals surface area contributed by atoms with Gasteiger partial charge in [-0.25, -0.2) is 0 Å². The Balaban J connectivity index is 0.00000225. The molecule has 0 saturated heterocycles. The molecule has 3 N–H and O–H groups in total. The first-order valence-corrected chi connectivity index (χ1v) is 8.66. The first-order chi connectivity index (χ1) is 11.7. The molecule has 134 valence electrons. The van der Waals surface area contributed by atoms with Crippen molar-refractivity contribution in [1.82, 2.24) is 5.32 Å². The van der Waals surface area contributed by atoms with Gasteiger partial charge in [0.25, 0.3) is 0 Å². The van der Waals surface area contributed by atoms with Gasteiger partial charge in [-0.1, -0.05) is 48.5 Å². The van der Waals surface area contributed by atoms with Crippen LogP contribution in [0.5, 0.6) is 0 Å². The second kappa shape index (κ2) is 9.65. The van der Waals surface area contributed by atoms with Gasteiger partial charge in [0.05, 0.1) is 6.54 Å². The minimum absolute atomic E-state index is 0. The molecule has 1 aliphatic heterocycles. The summed E-state index contributed by atoms with van der Waals surface area (Å²) < 4.78 is 0. The third-order valence-electron chi connectivity index (χ3n) is 4.54. The summed E-state index contributed by atoms with van der Waals surface area (Å²) in [5, 5.41) is 3.21. The van der Waals surface area contributed by atoms with Crippen molar-refractivity contribution >= 4 is 35.6 Å². The van der Waals surface area contributed by atoms with E-state index in [4.69, 9.17) is 5.73 Å². The summed E-state index contributed by atoms with van der Waals surface area (Å²) in [4.78, 5) is 6.94. The third-order valence-corrected chi connectivity index (χ3v) is 4.54. The quantitative estimate of drug-likeness (QED) is 0.404. The van der Waals surface area contributed by atoms with E-state index >= 15 is 0 Å². The molecular formula is C20H27IN4. The Bertz CT molecular complexity index is 687. The molecule has 0 aliphatic carbocycles. The van der Waals surface area contributed by atoms with Crippen molar-refractivity contribution in [3.63, 3.8) is 0 Å². The average molecular weight is 450 g/mol. The molecule has 0 aromatic heterocycles. The molecule has 1 unspecified atom stereocenters. The van der Waals surface area contributed by atoms with Crippen LogP contribution >= 0.6 is 24.0 Å². The average Bonchev–Trinajstić information content (AvgIpc) is 3.05. The van der Waals surface area contributed by atoms with Crippen LogP contribution < -0.4 is 16.0 Å². The number of aliphatic imine (C=N–C) groups is 1. The number of nitrogens with zero attached hydrogens (tertiary/aromatic N) is 2. The normalized spacial score (nSPS) is 14.6. The number of benzene rings is 2. The molecule has 1 atom stereocenters. The Morgan fingerprint density at radius 2 is 1.88 bits per heavy atom. The lowest BCUT2D eigenvalue weighted by molar-refractivity contribution is 0.661. The van der Waals surface area contributed by atoms with Crippen LogP contribution in [-0.2, 0) is 12.8 Å². The maximum absolute atomic E-state index is 6.00. The fraction of sp³-hybridized carbons (Fsp3) is 0.350. The molecule has 2 aromatic carbocycles. The van der Waals surface area contributed by atoms with Crippen LogP contribution in [0.4, 0.5) is 5.69 Å². The van der Waals surface area contributed by atoms with Crippen LogP contribution in [0, 0.1) is 0 Å². The van der Waals surface area contributed by atoms with Crippen LogP contribution in [0.1, 0.15) is 18.1 Å². The first-order valence-electron chi connectivity index (χ1n) is 8.66. The van der Waals surface area contributed by atoms with Crippen LogP contribution in [0.25, 0.3) is 0 Å². The Morgan fingerprint density at radius 1 is 1.16 bits per heavy atom. The Hall–Kier alpha value is -1.76. The number of guanidine groups is 1. The maximum Gasteiger partial charge on any atom is 0.188 e. The van der Waals surface area contributed by atoms with Gasteiger partial charge in [0.2, 0.25) is 0 Å². The fourth-order valence-corrected chi connectivity index (χ4v) is 3.19. The number of hydrogen-bond donors (Lipinski definition) is 2. The first kappa shape index (κ1) is 19.6. The van der Waals surface area contributed by atoms with Crippen LogP contribution in [0.15, 0.2) is 59.6 Å². The van der Waals surface area contributed by atoms with Crippen molar-refractivity contribution in [3.05, 3.63) is 65.7 Å². The lowest BCUT2D eigenvalue weighted by Gasteiger charge is -2.26. The van der Waals surface area contributed by atoms with Gasteiger partial charge in [0.15, 0.2) is 5.96 Å². The van der Waals surface area contributed by atoms with Crippen molar-refractivity contribution < 1.29 is 0 Å². The lowest BCUT2D eigenvalue weighted by atomic mass is 10.1. The molecule has 4 nitrogen and oxygen atoms in total. The molecular weight excluding hydrogens is 423 g/mol. The summed E-state index contributed by atoms with van der Waals surface area (Å²) in [6.07, 6.45) is 2.07. The summed E-state index contributed by atoms with van der Waals surface area (Å²) in [6.45, 7) is 4.79. The topological polar surface area (TPSA) is 53.6 Å². The lowest BCUT2D eigenvalue weighted by Crippen LogP contribution is -2.37. The molecule has 5 heteroatoms. The van der Waals surface area contributed by atoms with Crippen molar-refractivity contribution in [2.75, 3.05) is 24.5 Å². The predicted octanol–water partition coefficient (Wildman–Crippen LogP) is 3.20. The van der Waals surface area contributed by atoms with Crippen molar-refractivity contribution in [3.8, 4) is 0 Å². The van der Waals surface area contributed by atoms with Gasteiger partial charge >= 0.3 is 0 Å². The van der Waals surface area contributed by atoms with Gasteiger partial charge in [-0.15, -0.1) is 24.0 Å². The number of fused-ring (bicyclic) bond motifs is 1. The molecule has 1 aliphatic rings. The number of nitrogens with two attached hydrogens (primary N) is 1. The summed E-state index contributed by atoms with van der Waals surface area (Å²) in [5.74, 6) is 0.533. The molecule has 0 fully saturated rings. The Labute approximate surface area is 167 Å². The van der Waals surface area contributed by atoms with E-state index in [2.05, 4.69) is 70.7 Å². The highest BCUT2D eigenvalue weighted by Crippen LogP contribution is 2.29. The zero-order chi connectivity index (χ0) is 16.8. The smallest absolute Gasteiger partial charge is 0.188 e. The summed E-state index contributed by atoms with van der Waals surface area (Å²) >= 11 is 0.